The lowest BCUT2D eigenvalue weighted by molar-refractivity contribution is 0.0603. The number of aliphatic hydroxyl groups is 1. The first-order valence-electron chi connectivity index (χ1n) is 10.2. The molecular formula is C21H26N6O3. The van der Waals surface area contributed by atoms with Crippen molar-refractivity contribution in [3.8, 4) is 5.69 Å². The number of benzene rings is 1. The van der Waals surface area contributed by atoms with Crippen LogP contribution in [-0.2, 0) is 12.0 Å². The molecule has 1 N–H and O–H groups in total. The molecule has 0 saturated carbocycles. The van der Waals surface area contributed by atoms with Gasteiger partial charge in [-0.25, -0.2) is 4.98 Å². The highest BCUT2D eigenvalue weighted by Gasteiger charge is 2.32. The molecule has 2 aromatic heterocycles. The smallest absolute Gasteiger partial charge is 0.256 e. The van der Waals surface area contributed by atoms with Crippen molar-refractivity contribution in [1.29, 1.82) is 0 Å². The Morgan fingerprint density at radius 1 is 1.30 bits per heavy atom. The van der Waals surface area contributed by atoms with Gasteiger partial charge < -0.3 is 14.4 Å². The van der Waals surface area contributed by atoms with E-state index in [1.165, 1.54) is 11.1 Å². The van der Waals surface area contributed by atoms with Crippen molar-refractivity contribution in [2.75, 3.05) is 6.54 Å². The number of oxazole rings is 1. The van der Waals surface area contributed by atoms with E-state index in [2.05, 4.69) is 20.4 Å². The van der Waals surface area contributed by atoms with Crippen molar-refractivity contribution in [2.45, 2.75) is 58.1 Å². The van der Waals surface area contributed by atoms with Gasteiger partial charge in [0.1, 0.15) is 22.7 Å². The lowest BCUT2D eigenvalue weighted by Gasteiger charge is -2.35. The highest BCUT2D eigenvalue weighted by molar-refractivity contribution is 5.98. The van der Waals surface area contributed by atoms with Crippen molar-refractivity contribution in [3.05, 3.63) is 53.5 Å². The standard InChI is InChI=1S/C21H26N6O3/c1-14-19(21(2,3)29)24-18(30-14)12-15-8-6-7-11-26(15)20(28)16-9-4-5-10-17(16)27-23-13-22-25-27/h4-5,9-10,13,15,29H,6-8,11-12H2,1-3H3. The van der Waals surface area contributed by atoms with Gasteiger partial charge in [-0.15, -0.1) is 15.0 Å². The zero-order valence-corrected chi connectivity index (χ0v) is 17.4. The molecule has 3 aromatic rings. The molecule has 1 aliphatic heterocycles. The number of nitrogens with zero attached hydrogens (tertiary/aromatic N) is 6. The van der Waals surface area contributed by atoms with Crippen LogP contribution in [0.25, 0.3) is 5.69 Å². The van der Waals surface area contributed by atoms with Crippen LogP contribution in [0.1, 0.15) is 60.8 Å². The molecule has 3 heterocycles. The summed E-state index contributed by atoms with van der Waals surface area (Å²) >= 11 is 0. The number of amides is 1. The summed E-state index contributed by atoms with van der Waals surface area (Å²) in [6.07, 6.45) is 4.71. The molecule has 0 aliphatic carbocycles. The van der Waals surface area contributed by atoms with E-state index in [1.54, 1.807) is 32.9 Å². The molecule has 1 aliphatic rings. The summed E-state index contributed by atoms with van der Waals surface area (Å²) in [6, 6.07) is 7.24. The van der Waals surface area contributed by atoms with Crippen molar-refractivity contribution < 1.29 is 14.3 Å². The number of hydrogen-bond acceptors (Lipinski definition) is 7. The molecule has 9 heteroatoms. The van der Waals surface area contributed by atoms with E-state index in [4.69, 9.17) is 4.42 Å². The molecule has 1 unspecified atom stereocenters. The van der Waals surface area contributed by atoms with Crippen LogP contribution in [0.2, 0.25) is 0 Å². The summed E-state index contributed by atoms with van der Waals surface area (Å²) in [7, 11) is 0. The maximum Gasteiger partial charge on any atom is 0.256 e. The topological polar surface area (TPSA) is 110 Å². The first-order chi connectivity index (χ1) is 14.3. The van der Waals surface area contributed by atoms with E-state index in [9.17, 15) is 9.90 Å². The summed E-state index contributed by atoms with van der Waals surface area (Å²) < 4.78 is 5.82. The van der Waals surface area contributed by atoms with Gasteiger partial charge in [0.15, 0.2) is 12.2 Å². The molecule has 1 fully saturated rings. The van der Waals surface area contributed by atoms with Gasteiger partial charge in [-0.05, 0) is 57.4 Å². The van der Waals surface area contributed by atoms with Crippen LogP contribution in [0, 0.1) is 6.92 Å². The highest BCUT2D eigenvalue weighted by atomic mass is 16.4. The molecule has 0 radical (unpaired) electrons. The fraction of sp³-hybridized carbons (Fsp3) is 0.476. The Morgan fingerprint density at radius 2 is 2.10 bits per heavy atom. The number of carbonyl (C=O) groups excluding carboxylic acids is 1. The van der Waals surface area contributed by atoms with Gasteiger partial charge in [0.2, 0.25) is 0 Å². The van der Waals surface area contributed by atoms with Crippen LogP contribution >= 0.6 is 0 Å². The number of aromatic nitrogens is 5. The van der Waals surface area contributed by atoms with Gasteiger partial charge in [-0.3, -0.25) is 4.79 Å². The summed E-state index contributed by atoms with van der Waals surface area (Å²) in [5, 5.41) is 22.0. The van der Waals surface area contributed by atoms with Gasteiger partial charge in [-0.2, -0.15) is 0 Å². The van der Waals surface area contributed by atoms with Gasteiger partial charge >= 0.3 is 0 Å². The maximum absolute atomic E-state index is 13.5. The lowest BCUT2D eigenvalue weighted by Crippen LogP contribution is -2.45. The first-order valence-corrected chi connectivity index (χ1v) is 10.2. The molecule has 158 valence electrons. The Labute approximate surface area is 174 Å². The largest absolute Gasteiger partial charge is 0.446 e. The number of tetrazole rings is 1. The normalized spacial score (nSPS) is 17.3. The van der Waals surface area contributed by atoms with E-state index >= 15 is 0 Å². The molecular weight excluding hydrogens is 384 g/mol. The van der Waals surface area contributed by atoms with Crippen LogP contribution in [0.3, 0.4) is 0 Å². The third-order valence-electron chi connectivity index (χ3n) is 5.42. The second-order valence-electron chi connectivity index (χ2n) is 8.17. The number of aryl methyl sites for hydroxylation is 1. The Hall–Kier alpha value is -3.07. The summed E-state index contributed by atoms with van der Waals surface area (Å²) in [6.45, 7) is 5.84. The minimum Gasteiger partial charge on any atom is -0.446 e. The Bertz CT molecular complexity index is 1020. The average molecular weight is 410 g/mol. The second kappa shape index (κ2) is 7.98. The van der Waals surface area contributed by atoms with Gasteiger partial charge in [0.05, 0.1) is 5.56 Å². The quantitative estimate of drug-likeness (QED) is 0.688. The predicted octanol–water partition coefficient (Wildman–Crippen LogP) is 2.42. The molecule has 9 nitrogen and oxygen atoms in total. The van der Waals surface area contributed by atoms with Crippen LogP contribution in [0.5, 0.6) is 0 Å². The van der Waals surface area contributed by atoms with Crippen LogP contribution in [-0.4, -0.2) is 53.7 Å². The van der Waals surface area contributed by atoms with Crippen LogP contribution in [0.15, 0.2) is 35.0 Å². The molecule has 1 atom stereocenters. The average Bonchev–Trinajstić information content (AvgIpc) is 3.37. The molecule has 1 amide bonds. The van der Waals surface area contributed by atoms with Crippen molar-refractivity contribution >= 4 is 5.91 Å². The number of hydrogen-bond donors (Lipinski definition) is 1. The lowest BCUT2D eigenvalue weighted by atomic mass is 9.97. The Morgan fingerprint density at radius 3 is 2.80 bits per heavy atom. The van der Waals surface area contributed by atoms with Crippen LogP contribution < -0.4 is 0 Å². The molecule has 1 aromatic carbocycles. The third-order valence-corrected chi connectivity index (χ3v) is 5.42. The van der Waals surface area contributed by atoms with E-state index in [0.717, 1.165) is 19.3 Å². The SMILES string of the molecule is Cc1oc(CC2CCCCN2C(=O)c2ccccc2-n2ncnn2)nc1C(C)(C)O. The Balaban J connectivity index is 1.60. The predicted molar refractivity (Wildman–Crippen MR) is 108 cm³/mol. The highest BCUT2D eigenvalue weighted by Crippen LogP contribution is 2.27. The number of rotatable bonds is 5. The molecule has 0 bridgehead atoms. The minimum atomic E-state index is -1.07. The van der Waals surface area contributed by atoms with Gasteiger partial charge in [0.25, 0.3) is 5.91 Å². The second-order valence-corrected chi connectivity index (χ2v) is 8.17. The number of carbonyl (C=O) groups is 1. The molecule has 0 spiro atoms. The number of piperidine rings is 1. The monoisotopic (exact) mass is 410 g/mol. The van der Waals surface area contributed by atoms with Crippen molar-refractivity contribution in [1.82, 2.24) is 30.1 Å². The summed E-state index contributed by atoms with van der Waals surface area (Å²) in [4.78, 5) is 21.3. The number of likely N-dealkylation sites (tertiary alicyclic amines) is 1. The number of para-hydroxylation sites is 1. The molecule has 30 heavy (non-hydrogen) atoms. The van der Waals surface area contributed by atoms with E-state index in [1.807, 2.05) is 17.0 Å². The zero-order chi connectivity index (χ0) is 21.3. The summed E-state index contributed by atoms with van der Waals surface area (Å²) in [5.74, 6) is 1.08. The molecule has 4 rings (SSSR count). The fourth-order valence-corrected chi connectivity index (χ4v) is 4.05. The van der Waals surface area contributed by atoms with Gasteiger partial charge in [-0.1, -0.05) is 12.1 Å². The fourth-order valence-electron chi connectivity index (χ4n) is 4.05. The maximum atomic E-state index is 13.5. The zero-order valence-electron chi connectivity index (χ0n) is 17.4. The van der Waals surface area contributed by atoms with Crippen molar-refractivity contribution in [2.24, 2.45) is 0 Å². The van der Waals surface area contributed by atoms with Crippen molar-refractivity contribution in [3.63, 3.8) is 0 Å². The van der Waals surface area contributed by atoms with Gasteiger partial charge in [0, 0.05) is 19.0 Å². The van der Waals surface area contributed by atoms with Crippen LogP contribution in [0.4, 0.5) is 0 Å². The Kier molecular flexibility index (Phi) is 5.38. The minimum absolute atomic E-state index is 0.0317. The first kappa shape index (κ1) is 20.2. The van der Waals surface area contributed by atoms with E-state index in [0.29, 0.717) is 41.6 Å². The third kappa shape index (κ3) is 3.97. The molecule has 1 saturated heterocycles. The van der Waals surface area contributed by atoms with E-state index in [-0.39, 0.29) is 11.9 Å². The van der Waals surface area contributed by atoms with E-state index < -0.39 is 5.60 Å². The summed E-state index contributed by atoms with van der Waals surface area (Å²) in [5.41, 5.74) is 0.593.